The van der Waals surface area contributed by atoms with Gasteiger partial charge in [-0.2, -0.15) is 0 Å². The smallest absolute Gasteiger partial charge is 0.239 e. The number of nitrogens with zero attached hydrogens (tertiary/aromatic N) is 1. The predicted octanol–water partition coefficient (Wildman–Crippen LogP) is 3.46. The van der Waals surface area contributed by atoms with Crippen LogP contribution in [0.1, 0.15) is 24.8 Å². The van der Waals surface area contributed by atoms with Gasteiger partial charge < -0.3 is 9.64 Å². The van der Waals surface area contributed by atoms with Crippen molar-refractivity contribution in [3.05, 3.63) is 28.2 Å². The fourth-order valence-electron chi connectivity index (χ4n) is 2.81. The molecule has 5 heteroatoms. The lowest BCUT2D eigenvalue weighted by Crippen LogP contribution is -2.51. The fraction of sp³-hybridized carbons (Fsp3) is 0.533. The Hall–Kier alpha value is -0.680. The molecule has 0 bridgehead atoms. The van der Waals surface area contributed by atoms with E-state index in [4.69, 9.17) is 4.74 Å². The van der Waals surface area contributed by atoms with Crippen molar-refractivity contribution in [3.63, 3.8) is 0 Å². The third-order valence-electron chi connectivity index (χ3n) is 4.24. The molecule has 1 aliphatic heterocycles. The molecule has 2 aliphatic rings. The topological polar surface area (TPSA) is 29.5 Å². The summed E-state index contributed by atoms with van der Waals surface area (Å²) in [6.07, 6.45) is 5.24. The summed E-state index contributed by atoms with van der Waals surface area (Å²) >= 11 is 5.17. The minimum atomic E-state index is -0.167. The third kappa shape index (κ3) is 2.46. The molecule has 0 aromatic heterocycles. The number of amides is 1. The van der Waals surface area contributed by atoms with E-state index in [1.165, 1.54) is 6.42 Å². The van der Waals surface area contributed by atoms with Crippen LogP contribution in [0.2, 0.25) is 0 Å². The van der Waals surface area contributed by atoms with Gasteiger partial charge in [-0.15, -0.1) is 11.8 Å². The number of carbonyl (C=O) groups excluding carboxylic acids is 1. The van der Waals surface area contributed by atoms with Crippen molar-refractivity contribution < 1.29 is 9.53 Å². The normalized spacial score (nSPS) is 20.4. The molecule has 1 heterocycles. The molecule has 3 nitrogen and oxygen atoms in total. The van der Waals surface area contributed by atoms with Gasteiger partial charge >= 0.3 is 0 Å². The fourth-order valence-corrected chi connectivity index (χ4v) is 4.15. The standard InChI is InChI=1S/C15H18BrNO2S/c1-20-15(5-2-6-15)14(18)17-7-8-19-13-9-12(16)4-3-11(13)10-17/h3-4,9H,2,5-8,10H2,1H3. The van der Waals surface area contributed by atoms with Gasteiger partial charge in [-0.25, -0.2) is 0 Å². The Labute approximate surface area is 132 Å². The number of halogens is 1. The van der Waals surface area contributed by atoms with E-state index in [9.17, 15) is 4.79 Å². The van der Waals surface area contributed by atoms with Gasteiger partial charge in [-0.3, -0.25) is 4.79 Å². The lowest BCUT2D eigenvalue weighted by atomic mass is 9.83. The quantitative estimate of drug-likeness (QED) is 0.813. The Balaban J connectivity index is 1.82. The van der Waals surface area contributed by atoms with E-state index in [-0.39, 0.29) is 10.7 Å². The second-order valence-corrected chi connectivity index (χ2v) is 7.48. The summed E-state index contributed by atoms with van der Waals surface area (Å²) in [5.74, 6) is 1.18. The molecule has 1 saturated carbocycles. The molecule has 0 atom stereocenters. The lowest BCUT2D eigenvalue weighted by Gasteiger charge is -2.41. The summed E-state index contributed by atoms with van der Waals surface area (Å²) in [5.41, 5.74) is 1.09. The van der Waals surface area contributed by atoms with E-state index in [0.29, 0.717) is 19.7 Å². The van der Waals surface area contributed by atoms with Crippen LogP contribution in [0.4, 0.5) is 0 Å². The van der Waals surface area contributed by atoms with Crippen LogP contribution >= 0.6 is 27.7 Å². The second-order valence-electron chi connectivity index (χ2n) is 5.38. The summed E-state index contributed by atoms with van der Waals surface area (Å²) in [6, 6.07) is 6.03. The second kappa shape index (κ2) is 5.60. The Morgan fingerprint density at radius 2 is 2.25 bits per heavy atom. The zero-order chi connectivity index (χ0) is 14.2. The van der Waals surface area contributed by atoms with Crippen LogP contribution in [0, 0.1) is 0 Å². The summed E-state index contributed by atoms with van der Waals surface area (Å²) < 4.78 is 6.62. The molecule has 0 unspecified atom stereocenters. The Morgan fingerprint density at radius 1 is 1.45 bits per heavy atom. The van der Waals surface area contributed by atoms with Crippen LogP contribution in [0.3, 0.4) is 0 Å². The zero-order valence-electron chi connectivity index (χ0n) is 11.5. The van der Waals surface area contributed by atoms with Gasteiger partial charge in [0, 0.05) is 16.6 Å². The summed E-state index contributed by atoms with van der Waals surface area (Å²) in [5, 5.41) is 0. The van der Waals surface area contributed by atoms with Crippen molar-refractivity contribution in [2.75, 3.05) is 19.4 Å². The number of hydrogen-bond acceptors (Lipinski definition) is 3. The molecule has 3 rings (SSSR count). The molecule has 0 spiro atoms. The molecule has 0 N–H and O–H groups in total. The van der Waals surface area contributed by atoms with E-state index in [1.807, 2.05) is 23.1 Å². The SMILES string of the molecule is CSC1(C(=O)N2CCOc3cc(Br)ccc3C2)CCC1. The van der Waals surface area contributed by atoms with Crippen molar-refractivity contribution in [2.45, 2.75) is 30.6 Å². The number of thioether (sulfide) groups is 1. The summed E-state index contributed by atoms with van der Waals surface area (Å²) in [4.78, 5) is 14.8. The highest BCUT2D eigenvalue weighted by Crippen LogP contribution is 2.44. The highest BCUT2D eigenvalue weighted by atomic mass is 79.9. The van der Waals surface area contributed by atoms with E-state index in [0.717, 1.165) is 28.6 Å². The first-order valence-electron chi connectivity index (χ1n) is 6.90. The maximum absolute atomic E-state index is 12.8. The number of ether oxygens (including phenoxy) is 1. The zero-order valence-corrected chi connectivity index (χ0v) is 13.9. The van der Waals surface area contributed by atoms with Crippen molar-refractivity contribution >= 4 is 33.6 Å². The van der Waals surface area contributed by atoms with Gasteiger partial charge in [0.1, 0.15) is 12.4 Å². The van der Waals surface area contributed by atoms with E-state index in [2.05, 4.69) is 22.2 Å². The van der Waals surface area contributed by atoms with Crippen molar-refractivity contribution in [1.29, 1.82) is 0 Å². The molecular formula is C15H18BrNO2S. The average Bonchev–Trinajstić information content (AvgIpc) is 2.59. The predicted molar refractivity (Wildman–Crippen MR) is 85.2 cm³/mol. The summed E-state index contributed by atoms with van der Waals surface area (Å²) in [7, 11) is 0. The van der Waals surface area contributed by atoms with Gasteiger partial charge in [-0.05, 0) is 37.7 Å². The lowest BCUT2D eigenvalue weighted by molar-refractivity contribution is -0.136. The van der Waals surface area contributed by atoms with Crippen LogP contribution in [0.15, 0.2) is 22.7 Å². The van der Waals surface area contributed by atoms with Crippen molar-refractivity contribution in [2.24, 2.45) is 0 Å². The Morgan fingerprint density at radius 3 is 2.90 bits per heavy atom. The molecule has 20 heavy (non-hydrogen) atoms. The maximum atomic E-state index is 12.8. The Bertz CT molecular complexity index is 525. The van der Waals surface area contributed by atoms with Crippen LogP contribution in [-0.2, 0) is 11.3 Å². The molecule has 1 fully saturated rings. The molecule has 0 saturated heterocycles. The number of carbonyl (C=O) groups is 1. The van der Waals surface area contributed by atoms with Gasteiger partial charge in [0.15, 0.2) is 0 Å². The van der Waals surface area contributed by atoms with E-state index in [1.54, 1.807) is 11.8 Å². The molecule has 1 aliphatic carbocycles. The molecule has 108 valence electrons. The monoisotopic (exact) mass is 355 g/mol. The van der Waals surface area contributed by atoms with Gasteiger partial charge in [-0.1, -0.05) is 22.0 Å². The maximum Gasteiger partial charge on any atom is 0.239 e. The third-order valence-corrected chi connectivity index (χ3v) is 6.10. The number of fused-ring (bicyclic) bond motifs is 1. The van der Waals surface area contributed by atoms with Gasteiger partial charge in [0.2, 0.25) is 5.91 Å². The average molecular weight is 356 g/mol. The minimum absolute atomic E-state index is 0.167. The first kappa shape index (κ1) is 14.3. The summed E-state index contributed by atoms with van der Waals surface area (Å²) in [6.45, 7) is 1.90. The number of rotatable bonds is 2. The van der Waals surface area contributed by atoms with Crippen LogP contribution in [0.5, 0.6) is 5.75 Å². The molecule has 0 radical (unpaired) electrons. The molecular weight excluding hydrogens is 338 g/mol. The molecule has 1 aromatic carbocycles. The van der Waals surface area contributed by atoms with Gasteiger partial charge in [0.25, 0.3) is 0 Å². The van der Waals surface area contributed by atoms with Crippen LogP contribution in [-0.4, -0.2) is 35.0 Å². The van der Waals surface area contributed by atoms with Crippen LogP contribution in [0.25, 0.3) is 0 Å². The first-order chi connectivity index (χ1) is 9.64. The van der Waals surface area contributed by atoms with Crippen molar-refractivity contribution in [1.82, 2.24) is 4.90 Å². The van der Waals surface area contributed by atoms with E-state index < -0.39 is 0 Å². The number of benzene rings is 1. The first-order valence-corrected chi connectivity index (χ1v) is 8.92. The van der Waals surface area contributed by atoms with Crippen molar-refractivity contribution in [3.8, 4) is 5.75 Å². The van der Waals surface area contributed by atoms with Gasteiger partial charge in [0.05, 0.1) is 11.3 Å². The highest BCUT2D eigenvalue weighted by molar-refractivity contribution is 9.10. The molecule has 1 aromatic rings. The molecule has 1 amide bonds. The van der Waals surface area contributed by atoms with Crippen LogP contribution < -0.4 is 4.74 Å². The highest BCUT2D eigenvalue weighted by Gasteiger charge is 2.45. The van der Waals surface area contributed by atoms with E-state index >= 15 is 0 Å². The largest absolute Gasteiger partial charge is 0.491 e. The minimum Gasteiger partial charge on any atom is -0.491 e. The Kier molecular flexibility index (Phi) is 4.00. The number of hydrogen-bond donors (Lipinski definition) is 0.